The molecule has 0 aliphatic carbocycles. The van der Waals surface area contributed by atoms with Crippen molar-refractivity contribution in [3.8, 4) is 0 Å². The molecule has 0 aliphatic rings. The van der Waals surface area contributed by atoms with Crippen molar-refractivity contribution in [3.05, 3.63) is 23.8 Å². The van der Waals surface area contributed by atoms with Crippen molar-refractivity contribution in [1.82, 2.24) is 4.98 Å². The standard InChI is InChI=1S/C12H11F3N2O3/c1-17(5-4-12(13,14)15)11-16-8-3-2-7(10(18)19)6-9(8)20-11/h2-3,6H,4-5H2,1H3,(H,18,19). The van der Waals surface area contributed by atoms with Crippen molar-refractivity contribution in [2.45, 2.75) is 12.6 Å². The van der Waals surface area contributed by atoms with E-state index < -0.39 is 18.6 Å². The van der Waals surface area contributed by atoms with Gasteiger partial charge in [-0.2, -0.15) is 18.2 Å². The number of rotatable bonds is 4. The molecule has 5 nitrogen and oxygen atoms in total. The number of anilines is 1. The molecular weight excluding hydrogens is 277 g/mol. The quantitative estimate of drug-likeness (QED) is 0.937. The highest BCUT2D eigenvalue weighted by molar-refractivity contribution is 5.92. The van der Waals surface area contributed by atoms with E-state index in [1.807, 2.05) is 0 Å². The van der Waals surface area contributed by atoms with Crippen molar-refractivity contribution in [3.63, 3.8) is 0 Å². The molecule has 20 heavy (non-hydrogen) atoms. The summed E-state index contributed by atoms with van der Waals surface area (Å²) in [5.41, 5.74) is 0.640. The largest absolute Gasteiger partial charge is 0.478 e. The topological polar surface area (TPSA) is 66.6 Å². The number of carboxylic acids is 1. The number of hydrogen-bond acceptors (Lipinski definition) is 4. The van der Waals surface area contributed by atoms with Crippen LogP contribution in [0, 0.1) is 0 Å². The Balaban J connectivity index is 2.21. The van der Waals surface area contributed by atoms with Crippen molar-refractivity contribution >= 4 is 23.1 Å². The number of carbonyl (C=O) groups is 1. The number of aromatic nitrogens is 1. The van der Waals surface area contributed by atoms with Crippen LogP contribution in [0.2, 0.25) is 0 Å². The minimum Gasteiger partial charge on any atom is -0.478 e. The van der Waals surface area contributed by atoms with Crippen LogP contribution in [0.4, 0.5) is 19.2 Å². The number of fused-ring (bicyclic) bond motifs is 1. The summed E-state index contributed by atoms with van der Waals surface area (Å²) in [7, 11) is 1.43. The lowest BCUT2D eigenvalue weighted by Crippen LogP contribution is -2.24. The zero-order valence-electron chi connectivity index (χ0n) is 10.4. The molecule has 1 N–H and O–H groups in total. The molecule has 1 heterocycles. The number of alkyl halides is 3. The lowest BCUT2D eigenvalue weighted by atomic mass is 10.2. The summed E-state index contributed by atoms with van der Waals surface area (Å²) in [6.45, 7) is -0.290. The third-order valence-electron chi connectivity index (χ3n) is 2.68. The zero-order valence-corrected chi connectivity index (χ0v) is 10.4. The monoisotopic (exact) mass is 288 g/mol. The first-order chi connectivity index (χ1) is 9.26. The second-order valence-electron chi connectivity index (χ2n) is 4.27. The van der Waals surface area contributed by atoms with Gasteiger partial charge in [-0.25, -0.2) is 4.79 Å². The molecule has 1 aromatic carbocycles. The number of oxazole rings is 1. The van der Waals surface area contributed by atoms with Gasteiger partial charge in [0.2, 0.25) is 0 Å². The molecule has 0 spiro atoms. The van der Waals surface area contributed by atoms with Crippen LogP contribution in [0.3, 0.4) is 0 Å². The lowest BCUT2D eigenvalue weighted by molar-refractivity contribution is -0.132. The van der Waals surface area contributed by atoms with Gasteiger partial charge in [0.15, 0.2) is 5.58 Å². The molecule has 0 bridgehead atoms. The van der Waals surface area contributed by atoms with Gasteiger partial charge in [-0.15, -0.1) is 0 Å². The Kier molecular flexibility index (Phi) is 3.56. The summed E-state index contributed by atoms with van der Waals surface area (Å²) in [5, 5.41) is 8.84. The van der Waals surface area contributed by atoms with Crippen LogP contribution in [0.5, 0.6) is 0 Å². The fourth-order valence-electron chi connectivity index (χ4n) is 1.60. The summed E-state index contributed by atoms with van der Waals surface area (Å²) >= 11 is 0. The number of aromatic carboxylic acids is 1. The zero-order chi connectivity index (χ0) is 14.9. The Hall–Kier alpha value is -2.25. The van der Waals surface area contributed by atoms with E-state index in [2.05, 4.69) is 4.98 Å². The minimum atomic E-state index is -4.25. The van der Waals surface area contributed by atoms with E-state index in [9.17, 15) is 18.0 Å². The van der Waals surface area contributed by atoms with Gasteiger partial charge in [0.05, 0.1) is 12.0 Å². The van der Waals surface area contributed by atoms with Gasteiger partial charge in [-0.05, 0) is 18.2 Å². The van der Waals surface area contributed by atoms with E-state index in [1.54, 1.807) is 0 Å². The molecule has 8 heteroatoms. The number of carboxylic acid groups (broad SMARTS) is 1. The number of nitrogens with zero attached hydrogens (tertiary/aromatic N) is 2. The normalized spacial score (nSPS) is 11.8. The van der Waals surface area contributed by atoms with Gasteiger partial charge in [-0.1, -0.05) is 0 Å². The predicted molar refractivity (Wildman–Crippen MR) is 64.9 cm³/mol. The lowest BCUT2D eigenvalue weighted by Gasteiger charge is -2.15. The molecule has 2 rings (SSSR count). The highest BCUT2D eigenvalue weighted by atomic mass is 19.4. The van der Waals surface area contributed by atoms with Crippen molar-refractivity contribution in [2.75, 3.05) is 18.5 Å². The summed E-state index contributed by atoms with van der Waals surface area (Å²) < 4.78 is 41.7. The van der Waals surface area contributed by atoms with Gasteiger partial charge >= 0.3 is 12.1 Å². The molecule has 0 atom stereocenters. The third-order valence-corrected chi connectivity index (χ3v) is 2.68. The summed E-state index contributed by atoms with van der Waals surface area (Å²) in [5.74, 6) is -1.12. The molecule has 0 radical (unpaired) electrons. The molecule has 0 fully saturated rings. The fraction of sp³-hybridized carbons (Fsp3) is 0.333. The molecule has 108 valence electrons. The highest BCUT2D eigenvalue weighted by Crippen LogP contribution is 2.25. The Bertz CT molecular complexity index is 636. The molecule has 0 saturated carbocycles. The Morgan fingerprint density at radius 1 is 1.45 bits per heavy atom. The maximum absolute atomic E-state index is 12.1. The SMILES string of the molecule is CN(CCC(F)(F)F)c1nc2ccc(C(=O)O)cc2o1. The molecule has 0 amide bonds. The average molecular weight is 288 g/mol. The van der Waals surface area contributed by atoms with Gasteiger partial charge in [0.1, 0.15) is 5.52 Å². The maximum atomic E-state index is 12.1. The van der Waals surface area contributed by atoms with Gasteiger partial charge in [-0.3, -0.25) is 0 Å². The first-order valence-electron chi connectivity index (χ1n) is 5.68. The number of hydrogen-bond donors (Lipinski definition) is 1. The van der Waals surface area contributed by atoms with Crippen LogP contribution < -0.4 is 4.90 Å². The number of benzene rings is 1. The van der Waals surface area contributed by atoms with Gasteiger partial charge in [0, 0.05) is 13.6 Å². The van der Waals surface area contributed by atoms with Crippen LogP contribution in [0.1, 0.15) is 16.8 Å². The second kappa shape index (κ2) is 5.03. The molecule has 1 aromatic heterocycles. The van der Waals surface area contributed by atoms with E-state index in [-0.39, 0.29) is 23.7 Å². The highest BCUT2D eigenvalue weighted by Gasteiger charge is 2.28. The van der Waals surface area contributed by atoms with Crippen LogP contribution in [0.15, 0.2) is 22.6 Å². The molecule has 0 saturated heterocycles. The van der Waals surface area contributed by atoms with Crippen molar-refractivity contribution in [1.29, 1.82) is 0 Å². The Morgan fingerprint density at radius 3 is 2.75 bits per heavy atom. The summed E-state index contributed by atoms with van der Waals surface area (Å²) in [4.78, 5) is 16.0. The first-order valence-corrected chi connectivity index (χ1v) is 5.68. The predicted octanol–water partition coefficient (Wildman–Crippen LogP) is 2.91. The Labute approximate surface area is 111 Å². The van der Waals surface area contributed by atoms with E-state index in [1.165, 1.54) is 30.1 Å². The smallest absolute Gasteiger partial charge is 0.390 e. The van der Waals surface area contributed by atoms with E-state index in [0.717, 1.165) is 0 Å². The molecule has 0 unspecified atom stereocenters. The Morgan fingerprint density at radius 2 is 2.15 bits per heavy atom. The van der Waals surface area contributed by atoms with Crippen LogP contribution >= 0.6 is 0 Å². The molecular formula is C12H11F3N2O3. The van der Waals surface area contributed by atoms with Crippen molar-refractivity contribution in [2.24, 2.45) is 0 Å². The second-order valence-corrected chi connectivity index (χ2v) is 4.27. The van der Waals surface area contributed by atoms with E-state index in [4.69, 9.17) is 9.52 Å². The summed E-state index contributed by atoms with van der Waals surface area (Å²) in [6, 6.07) is 4.11. The third kappa shape index (κ3) is 3.19. The minimum absolute atomic E-state index is 0.0202. The molecule has 2 aromatic rings. The van der Waals surface area contributed by atoms with Gasteiger partial charge in [0.25, 0.3) is 6.01 Å². The fourth-order valence-corrected chi connectivity index (χ4v) is 1.60. The van der Waals surface area contributed by atoms with Crippen molar-refractivity contribution < 1.29 is 27.5 Å². The van der Waals surface area contributed by atoms with Crippen LogP contribution in [-0.2, 0) is 0 Å². The van der Waals surface area contributed by atoms with Crippen LogP contribution in [-0.4, -0.2) is 35.8 Å². The van der Waals surface area contributed by atoms with E-state index in [0.29, 0.717) is 5.52 Å². The van der Waals surface area contributed by atoms with Crippen LogP contribution in [0.25, 0.3) is 11.1 Å². The maximum Gasteiger partial charge on any atom is 0.390 e. The van der Waals surface area contributed by atoms with Gasteiger partial charge < -0.3 is 14.4 Å². The summed E-state index contributed by atoms with van der Waals surface area (Å²) in [6.07, 6.45) is -5.24. The molecule has 0 aliphatic heterocycles. The van der Waals surface area contributed by atoms with E-state index >= 15 is 0 Å². The number of halogens is 3. The first kappa shape index (κ1) is 14.2. The average Bonchev–Trinajstić information content (AvgIpc) is 2.77.